The molecule has 18 heavy (non-hydrogen) atoms. The zero-order chi connectivity index (χ0) is 13.8. The van der Waals surface area contributed by atoms with Crippen LogP contribution in [0.15, 0.2) is 18.2 Å². The third-order valence-electron chi connectivity index (χ3n) is 3.32. The van der Waals surface area contributed by atoms with E-state index in [1.807, 2.05) is 7.05 Å². The SMILES string of the molecule is CNC(C)(C)CCc1ccc(OC(C)C)c(C)c1. The summed E-state index contributed by atoms with van der Waals surface area (Å²) in [5.74, 6) is 1.00. The van der Waals surface area contributed by atoms with Gasteiger partial charge in [-0.2, -0.15) is 0 Å². The predicted molar refractivity (Wildman–Crippen MR) is 78.4 cm³/mol. The summed E-state index contributed by atoms with van der Waals surface area (Å²) in [5.41, 5.74) is 2.80. The molecule has 2 nitrogen and oxygen atoms in total. The molecule has 0 aromatic heterocycles. The normalized spacial score (nSPS) is 11.9. The van der Waals surface area contributed by atoms with Crippen LogP contribution in [0.4, 0.5) is 0 Å². The maximum Gasteiger partial charge on any atom is 0.122 e. The van der Waals surface area contributed by atoms with Gasteiger partial charge in [-0.25, -0.2) is 0 Å². The molecule has 0 spiro atoms. The number of aryl methyl sites for hydroxylation is 2. The van der Waals surface area contributed by atoms with Crippen molar-refractivity contribution < 1.29 is 4.74 Å². The Hall–Kier alpha value is -1.02. The van der Waals surface area contributed by atoms with Crippen molar-refractivity contribution in [1.29, 1.82) is 0 Å². The first-order valence-electron chi connectivity index (χ1n) is 6.79. The van der Waals surface area contributed by atoms with Gasteiger partial charge in [0.25, 0.3) is 0 Å². The van der Waals surface area contributed by atoms with E-state index in [-0.39, 0.29) is 11.6 Å². The van der Waals surface area contributed by atoms with Crippen molar-refractivity contribution in [3.05, 3.63) is 29.3 Å². The Morgan fingerprint density at radius 2 is 1.94 bits per heavy atom. The lowest BCUT2D eigenvalue weighted by molar-refractivity contribution is 0.240. The Kier molecular flexibility index (Phi) is 5.21. The average molecular weight is 249 g/mol. The van der Waals surface area contributed by atoms with Crippen molar-refractivity contribution in [2.24, 2.45) is 0 Å². The van der Waals surface area contributed by atoms with Crippen LogP contribution in [0.3, 0.4) is 0 Å². The lowest BCUT2D eigenvalue weighted by Gasteiger charge is -2.24. The molecule has 0 unspecified atom stereocenters. The van der Waals surface area contributed by atoms with Crippen molar-refractivity contribution in [1.82, 2.24) is 5.32 Å². The van der Waals surface area contributed by atoms with Crippen LogP contribution < -0.4 is 10.1 Å². The van der Waals surface area contributed by atoms with Gasteiger partial charge < -0.3 is 10.1 Å². The summed E-state index contributed by atoms with van der Waals surface area (Å²) in [6, 6.07) is 6.51. The Balaban J connectivity index is 2.67. The summed E-state index contributed by atoms with van der Waals surface area (Å²) >= 11 is 0. The first-order chi connectivity index (χ1) is 8.34. The molecule has 0 heterocycles. The monoisotopic (exact) mass is 249 g/mol. The summed E-state index contributed by atoms with van der Waals surface area (Å²) in [4.78, 5) is 0. The zero-order valence-corrected chi connectivity index (χ0v) is 12.6. The Labute approximate surface area is 112 Å². The standard InChI is InChI=1S/C16H27NO/c1-12(2)18-15-8-7-14(11-13(15)3)9-10-16(4,5)17-6/h7-8,11-12,17H,9-10H2,1-6H3. The summed E-state index contributed by atoms with van der Waals surface area (Å²) in [6.07, 6.45) is 2.46. The van der Waals surface area contributed by atoms with Gasteiger partial charge in [-0.3, -0.25) is 0 Å². The fraction of sp³-hybridized carbons (Fsp3) is 0.625. The molecule has 1 aromatic rings. The fourth-order valence-corrected chi connectivity index (χ4v) is 1.84. The van der Waals surface area contributed by atoms with Gasteiger partial charge in [0.15, 0.2) is 0 Å². The Bertz CT molecular complexity index is 383. The Morgan fingerprint density at radius 1 is 1.28 bits per heavy atom. The molecule has 0 amide bonds. The molecule has 0 aliphatic heterocycles. The summed E-state index contributed by atoms with van der Waals surface area (Å²) in [5, 5.41) is 3.34. The molecule has 0 radical (unpaired) electrons. The van der Waals surface area contributed by atoms with Gasteiger partial charge in [-0.05, 0) is 71.7 Å². The van der Waals surface area contributed by atoms with Crippen molar-refractivity contribution in [2.45, 2.75) is 59.1 Å². The Morgan fingerprint density at radius 3 is 2.44 bits per heavy atom. The summed E-state index contributed by atoms with van der Waals surface area (Å²) < 4.78 is 5.75. The molecule has 0 atom stereocenters. The van der Waals surface area contributed by atoms with Crippen molar-refractivity contribution >= 4 is 0 Å². The van der Waals surface area contributed by atoms with Gasteiger partial charge in [0.05, 0.1) is 6.10 Å². The second kappa shape index (κ2) is 6.24. The van der Waals surface area contributed by atoms with E-state index in [1.165, 1.54) is 11.1 Å². The van der Waals surface area contributed by atoms with Gasteiger partial charge in [-0.15, -0.1) is 0 Å². The van der Waals surface area contributed by atoms with Crippen molar-refractivity contribution in [3.8, 4) is 5.75 Å². The number of rotatable bonds is 6. The van der Waals surface area contributed by atoms with Crippen LogP contribution in [0.1, 0.15) is 45.2 Å². The van der Waals surface area contributed by atoms with Crippen LogP contribution in [-0.2, 0) is 6.42 Å². The minimum absolute atomic E-state index is 0.195. The second-order valence-electron chi connectivity index (χ2n) is 5.90. The number of ether oxygens (including phenoxy) is 1. The predicted octanol–water partition coefficient (Wildman–Crippen LogP) is 3.71. The third-order valence-corrected chi connectivity index (χ3v) is 3.32. The number of hydrogen-bond acceptors (Lipinski definition) is 2. The first-order valence-corrected chi connectivity index (χ1v) is 6.79. The van der Waals surface area contributed by atoms with E-state index >= 15 is 0 Å². The average Bonchev–Trinajstić information content (AvgIpc) is 2.29. The molecule has 2 heteroatoms. The van der Waals surface area contributed by atoms with Gasteiger partial charge in [0.1, 0.15) is 5.75 Å². The lowest BCUT2D eigenvalue weighted by Crippen LogP contribution is -2.36. The zero-order valence-electron chi connectivity index (χ0n) is 12.6. The topological polar surface area (TPSA) is 21.3 Å². The summed E-state index contributed by atoms with van der Waals surface area (Å²) in [7, 11) is 2.02. The molecule has 0 bridgehead atoms. The minimum Gasteiger partial charge on any atom is -0.491 e. The molecule has 0 saturated carbocycles. The van der Waals surface area contributed by atoms with Crippen LogP contribution in [0.2, 0.25) is 0 Å². The van der Waals surface area contributed by atoms with Crippen LogP contribution >= 0.6 is 0 Å². The van der Waals surface area contributed by atoms with E-state index in [2.05, 4.69) is 58.1 Å². The van der Waals surface area contributed by atoms with Crippen LogP contribution in [-0.4, -0.2) is 18.7 Å². The highest BCUT2D eigenvalue weighted by molar-refractivity contribution is 5.36. The van der Waals surface area contributed by atoms with Crippen molar-refractivity contribution in [2.75, 3.05) is 7.05 Å². The molecule has 0 fully saturated rings. The third kappa shape index (κ3) is 4.69. The maximum atomic E-state index is 5.75. The van der Waals surface area contributed by atoms with Crippen molar-refractivity contribution in [3.63, 3.8) is 0 Å². The molecule has 0 saturated heterocycles. The highest BCUT2D eigenvalue weighted by Crippen LogP contribution is 2.22. The maximum absolute atomic E-state index is 5.75. The molecule has 1 N–H and O–H groups in total. The van der Waals surface area contributed by atoms with Gasteiger partial charge in [-0.1, -0.05) is 12.1 Å². The van der Waals surface area contributed by atoms with E-state index in [0.29, 0.717) is 0 Å². The molecule has 0 aliphatic carbocycles. The number of benzene rings is 1. The molecular formula is C16H27NO. The highest BCUT2D eigenvalue weighted by Gasteiger charge is 2.14. The first kappa shape index (κ1) is 15.0. The largest absolute Gasteiger partial charge is 0.491 e. The van der Waals surface area contributed by atoms with Crippen LogP contribution in [0.25, 0.3) is 0 Å². The number of nitrogens with one attached hydrogen (secondary N) is 1. The van der Waals surface area contributed by atoms with Gasteiger partial charge >= 0.3 is 0 Å². The van der Waals surface area contributed by atoms with Crippen LogP contribution in [0, 0.1) is 6.92 Å². The van der Waals surface area contributed by atoms with E-state index in [9.17, 15) is 0 Å². The van der Waals surface area contributed by atoms with E-state index in [1.54, 1.807) is 0 Å². The molecule has 102 valence electrons. The smallest absolute Gasteiger partial charge is 0.122 e. The van der Waals surface area contributed by atoms with E-state index in [4.69, 9.17) is 4.74 Å². The molecule has 0 aliphatic rings. The van der Waals surface area contributed by atoms with Gasteiger partial charge in [0.2, 0.25) is 0 Å². The lowest BCUT2D eigenvalue weighted by atomic mass is 9.95. The quantitative estimate of drug-likeness (QED) is 0.830. The van der Waals surface area contributed by atoms with Crippen LogP contribution in [0.5, 0.6) is 5.75 Å². The molecule has 1 aromatic carbocycles. The fourth-order valence-electron chi connectivity index (χ4n) is 1.84. The molecule has 1 rings (SSSR count). The second-order valence-corrected chi connectivity index (χ2v) is 5.90. The highest BCUT2D eigenvalue weighted by atomic mass is 16.5. The minimum atomic E-state index is 0.195. The van der Waals surface area contributed by atoms with E-state index in [0.717, 1.165) is 18.6 Å². The summed E-state index contributed by atoms with van der Waals surface area (Å²) in [6.45, 7) is 10.7. The number of hydrogen-bond donors (Lipinski definition) is 1. The van der Waals surface area contributed by atoms with E-state index < -0.39 is 0 Å². The molecular weight excluding hydrogens is 222 g/mol. The van der Waals surface area contributed by atoms with Gasteiger partial charge in [0, 0.05) is 5.54 Å².